The number of alkyl halides is 1. The Hall–Kier alpha value is -3.30. The maximum Gasteiger partial charge on any atom is 0.480 e. The Morgan fingerprint density at radius 3 is 2.12 bits per heavy atom. The van der Waals surface area contributed by atoms with Crippen LogP contribution in [0.5, 0.6) is 0 Å². The molecule has 0 unspecified atom stereocenters. The fraction of sp³-hybridized carbons (Fsp3) is 0.625. The number of hydrogen-bond donors (Lipinski definition) is 3. The number of rotatable bonds is 10. The third kappa shape index (κ3) is 6.93. The number of aliphatic hydroxyl groups is 2. The molecule has 43 heavy (non-hydrogen) atoms. The van der Waals surface area contributed by atoms with E-state index in [4.69, 9.17) is 33.5 Å². The average molecular weight is 636 g/mol. The number of halogens is 2. The van der Waals surface area contributed by atoms with Crippen LogP contribution in [-0.4, -0.2) is 74.9 Å². The van der Waals surface area contributed by atoms with Gasteiger partial charge in [0.1, 0.15) is 37.0 Å². The van der Waals surface area contributed by atoms with Crippen LogP contribution in [-0.2, 0) is 47.7 Å². The fourth-order valence-corrected chi connectivity index (χ4v) is 4.49. The minimum Gasteiger partial charge on any atom is -0.437 e. The van der Waals surface area contributed by atoms with Gasteiger partial charge in [-0.1, -0.05) is 0 Å². The van der Waals surface area contributed by atoms with E-state index in [0.717, 1.165) is 6.33 Å². The van der Waals surface area contributed by atoms with E-state index >= 15 is 4.39 Å². The summed E-state index contributed by atoms with van der Waals surface area (Å²) in [6, 6.07) is 1.49. The summed E-state index contributed by atoms with van der Waals surface area (Å²) < 4.78 is 74.4. The van der Waals surface area contributed by atoms with Gasteiger partial charge in [0.05, 0.1) is 16.2 Å². The van der Waals surface area contributed by atoms with E-state index in [2.05, 4.69) is 9.97 Å². The number of fused-ring (bicyclic) bond motifs is 1. The molecule has 238 valence electrons. The van der Waals surface area contributed by atoms with Gasteiger partial charge in [-0.05, 0) is 41.5 Å². The number of hydrogen-bond acceptors (Lipinski definition) is 15. The molecule has 19 heteroatoms. The predicted molar refractivity (Wildman–Crippen MR) is 139 cm³/mol. The number of nitrogens with zero attached hydrogens (tertiary/aromatic N) is 4. The quantitative estimate of drug-likeness (QED) is 0.193. The molecule has 1 saturated heterocycles. The molecule has 0 bridgehead atoms. The fourth-order valence-electron chi connectivity index (χ4n) is 3.57. The Bertz CT molecular complexity index is 1430. The highest BCUT2D eigenvalue weighted by atomic mass is 31.2. The maximum absolute atomic E-state index is 16.1. The molecule has 1 fully saturated rings. The topological polar surface area (TPSA) is 228 Å². The van der Waals surface area contributed by atoms with Crippen LogP contribution < -0.4 is 5.73 Å². The Kier molecular flexibility index (Phi) is 9.54. The van der Waals surface area contributed by atoms with Crippen molar-refractivity contribution in [2.24, 2.45) is 10.8 Å². The van der Waals surface area contributed by atoms with E-state index in [9.17, 15) is 34.0 Å². The second kappa shape index (κ2) is 12.0. The normalized spacial score (nSPS) is 24.6. The van der Waals surface area contributed by atoms with Crippen LogP contribution in [0, 0.1) is 28.0 Å². The number of nitriles is 1. The largest absolute Gasteiger partial charge is 0.480 e. The van der Waals surface area contributed by atoms with E-state index in [0.29, 0.717) is 10.8 Å². The summed E-state index contributed by atoms with van der Waals surface area (Å²) in [4.78, 5) is 31.6. The van der Waals surface area contributed by atoms with Crippen molar-refractivity contribution < 1.29 is 60.9 Å². The molecule has 4 atom stereocenters. The third-order valence-electron chi connectivity index (χ3n) is 6.00. The van der Waals surface area contributed by atoms with Gasteiger partial charge < -0.3 is 25.4 Å². The van der Waals surface area contributed by atoms with Gasteiger partial charge in [0, 0.05) is 6.20 Å². The second-order valence-electron chi connectivity index (χ2n) is 11.5. The molecule has 1 aliphatic rings. The number of phosphoric ester groups is 1. The van der Waals surface area contributed by atoms with Gasteiger partial charge in [-0.25, -0.2) is 32.4 Å². The van der Waals surface area contributed by atoms with Gasteiger partial charge in [0.2, 0.25) is 13.6 Å². The molecule has 3 rings (SSSR count). The molecule has 0 aliphatic carbocycles. The molecule has 0 radical (unpaired) electrons. The van der Waals surface area contributed by atoms with Crippen molar-refractivity contribution in [3.05, 3.63) is 18.3 Å². The molecule has 2 aromatic heterocycles. The van der Waals surface area contributed by atoms with Gasteiger partial charge in [-0.15, -0.1) is 0 Å². The van der Waals surface area contributed by atoms with Crippen molar-refractivity contribution in [2.45, 2.75) is 65.3 Å². The van der Waals surface area contributed by atoms with E-state index in [1.54, 1.807) is 0 Å². The van der Waals surface area contributed by atoms with E-state index in [1.807, 2.05) is 0 Å². The summed E-state index contributed by atoms with van der Waals surface area (Å²) in [5.41, 5.74) is 0.457. The SMILES string of the molecule is CC(C)(C)C(=O)OCOP(=O)(OCOC(=O)C(C)(C)C)OC[C@@]1(F)O[C@@](C#N)(n2cc(F)c3c(N)ncnc32)[C@H](O)[C@@H]1O. The Labute approximate surface area is 244 Å². The standard InChI is InChI=1S/C24H32F2N5O11P/c1-21(2,3)19(34)37-11-40-43(36,41-12-38-20(35)22(4,5)6)39-9-23(26)15(32)16(33)24(8-27,42-23)31-7-13(25)14-17(28)29-10-30-18(14)31/h7,10,15-16,32-33H,9,11-12H2,1-6H3,(H2,28,29,30)/t15-,16+,23+,24+/m0/s1. The molecule has 16 nitrogen and oxygen atoms in total. The predicted octanol–water partition coefficient (Wildman–Crippen LogP) is 2.00. The molecule has 2 aromatic rings. The van der Waals surface area contributed by atoms with Gasteiger partial charge in [0.15, 0.2) is 11.5 Å². The Morgan fingerprint density at radius 2 is 1.63 bits per heavy atom. The molecule has 4 N–H and O–H groups in total. The highest BCUT2D eigenvalue weighted by molar-refractivity contribution is 7.48. The molecule has 1 aliphatic heterocycles. The molecule has 0 spiro atoms. The minimum atomic E-state index is -5.00. The molecule has 3 heterocycles. The lowest BCUT2D eigenvalue weighted by Gasteiger charge is -2.28. The molecule has 0 saturated carbocycles. The number of carbonyl (C=O) groups is 2. The van der Waals surface area contributed by atoms with Crippen LogP contribution in [0.3, 0.4) is 0 Å². The van der Waals surface area contributed by atoms with Crippen LogP contribution >= 0.6 is 7.82 Å². The number of ether oxygens (including phenoxy) is 3. The maximum atomic E-state index is 16.1. The zero-order valence-electron chi connectivity index (χ0n) is 24.1. The number of phosphoric acid groups is 1. The van der Waals surface area contributed by atoms with Crippen molar-refractivity contribution in [1.29, 1.82) is 5.26 Å². The lowest BCUT2D eigenvalue weighted by molar-refractivity contribution is -0.225. The number of nitrogens with two attached hydrogens (primary N) is 1. The molecule has 0 aromatic carbocycles. The number of aliphatic hydroxyl groups excluding tert-OH is 2. The average Bonchev–Trinajstić information content (AvgIpc) is 3.35. The zero-order valence-corrected chi connectivity index (χ0v) is 25.0. The summed E-state index contributed by atoms with van der Waals surface area (Å²) in [5.74, 6) is -6.49. The van der Waals surface area contributed by atoms with Gasteiger partial charge >= 0.3 is 19.8 Å². The summed E-state index contributed by atoms with van der Waals surface area (Å²) in [6.07, 6.45) is -3.44. The minimum absolute atomic E-state index is 0.341. The zero-order chi connectivity index (χ0) is 32.6. The van der Waals surface area contributed by atoms with Gasteiger partial charge in [0.25, 0.3) is 11.6 Å². The lowest BCUT2D eigenvalue weighted by Crippen LogP contribution is -2.45. The Balaban J connectivity index is 1.86. The van der Waals surface area contributed by atoms with Crippen molar-refractivity contribution in [1.82, 2.24) is 14.5 Å². The van der Waals surface area contributed by atoms with E-state index in [-0.39, 0.29) is 16.9 Å². The number of anilines is 1. The monoisotopic (exact) mass is 635 g/mol. The first-order chi connectivity index (χ1) is 19.7. The molecule has 0 amide bonds. The van der Waals surface area contributed by atoms with Crippen molar-refractivity contribution in [3.63, 3.8) is 0 Å². The number of carbonyl (C=O) groups excluding carboxylic acids is 2. The highest BCUT2D eigenvalue weighted by Gasteiger charge is 2.66. The van der Waals surface area contributed by atoms with E-state index in [1.165, 1.54) is 47.6 Å². The lowest BCUT2D eigenvalue weighted by atomic mass is 9.98. The summed E-state index contributed by atoms with van der Waals surface area (Å²) in [7, 11) is -5.00. The van der Waals surface area contributed by atoms with Gasteiger partial charge in [-0.3, -0.25) is 23.4 Å². The van der Waals surface area contributed by atoms with Crippen LogP contribution in [0.2, 0.25) is 0 Å². The van der Waals surface area contributed by atoms with E-state index < -0.39 is 80.4 Å². The third-order valence-corrected chi connectivity index (χ3v) is 7.29. The number of nitrogen functional groups attached to an aromatic ring is 1. The van der Waals surface area contributed by atoms with Crippen molar-refractivity contribution in [2.75, 3.05) is 25.9 Å². The molecular weight excluding hydrogens is 603 g/mol. The summed E-state index contributed by atoms with van der Waals surface area (Å²) >= 11 is 0. The van der Waals surface area contributed by atoms with Crippen LogP contribution in [0.15, 0.2) is 12.5 Å². The molecular formula is C24H32F2N5O11P. The Morgan fingerprint density at radius 1 is 1.09 bits per heavy atom. The second-order valence-corrected chi connectivity index (χ2v) is 13.1. The summed E-state index contributed by atoms with van der Waals surface area (Å²) in [5, 5.41) is 30.9. The first kappa shape index (κ1) is 34.2. The van der Waals surface area contributed by atoms with Crippen LogP contribution in [0.4, 0.5) is 14.6 Å². The number of esters is 2. The van der Waals surface area contributed by atoms with Crippen molar-refractivity contribution in [3.8, 4) is 6.07 Å². The highest BCUT2D eigenvalue weighted by Crippen LogP contribution is 2.53. The number of aromatic nitrogens is 3. The first-order valence-electron chi connectivity index (χ1n) is 12.5. The smallest absolute Gasteiger partial charge is 0.437 e. The summed E-state index contributed by atoms with van der Waals surface area (Å²) in [6.45, 7) is 5.54. The van der Waals surface area contributed by atoms with Crippen LogP contribution in [0.1, 0.15) is 41.5 Å². The van der Waals surface area contributed by atoms with Crippen LogP contribution in [0.25, 0.3) is 11.0 Å². The van der Waals surface area contributed by atoms with Gasteiger partial charge in [-0.2, -0.15) is 5.26 Å². The van der Waals surface area contributed by atoms with Crippen molar-refractivity contribution >= 4 is 36.6 Å². The first-order valence-corrected chi connectivity index (χ1v) is 14.0.